The fourth-order valence-electron chi connectivity index (χ4n) is 2.13. The zero-order valence-corrected chi connectivity index (χ0v) is 13.9. The Bertz CT molecular complexity index is 762. The monoisotopic (exact) mass is 337 g/mol. The average Bonchev–Trinajstić information content (AvgIpc) is 2.62. The van der Waals surface area contributed by atoms with Crippen LogP contribution in [0.2, 0.25) is 0 Å². The molecule has 0 saturated heterocycles. The summed E-state index contributed by atoms with van der Waals surface area (Å²) in [6.07, 6.45) is 0.326. The Morgan fingerprint density at radius 2 is 1.76 bits per heavy atom. The Kier molecular flexibility index (Phi) is 6.55. The number of nitrogens with one attached hydrogen (secondary N) is 2. The second-order valence-electron chi connectivity index (χ2n) is 5.22. The lowest BCUT2D eigenvalue weighted by atomic mass is 10.1. The van der Waals surface area contributed by atoms with Crippen LogP contribution in [0.25, 0.3) is 0 Å². The van der Waals surface area contributed by atoms with Crippen LogP contribution in [-0.2, 0) is 11.2 Å². The highest BCUT2D eigenvalue weighted by Crippen LogP contribution is 2.12. The number of amides is 2. The first-order valence-electron chi connectivity index (χ1n) is 7.89. The summed E-state index contributed by atoms with van der Waals surface area (Å²) in [7, 11) is 0. The molecular formula is C19H19N3O3. The molecule has 25 heavy (non-hydrogen) atoms. The van der Waals surface area contributed by atoms with Gasteiger partial charge < -0.3 is 15.4 Å². The Morgan fingerprint density at radius 3 is 2.36 bits per heavy atom. The van der Waals surface area contributed by atoms with E-state index in [-0.39, 0.29) is 18.4 Å². The molecule has 2 rings (SSSR count). The first-order chi connectivity index (χ1) is 12.1. The molecule has 0 aliphatic heterocycles. The van der Waals surface area contributed by atoms with Crippen LogP contribution >= 0.6 is 0 Å². The van der Waals surface area contributed by atoms with Gasteiger partial charge in [0.15, 0.2) is 0 Å². The number of nitrogens with zero attached hydrogens (tertiary/aromatic N) is 1. The van der Waals surface area contributed by atoms with E-state index in [1.54, 1.807) is 48.5 Å². The lowest BCUT2D eigenvalue weighted by Gasteiger charge is -2.08. The maximum Gasteiger partial charge on any atom is 0.251 e. The molecule has 0 aromatic heterocycles. The zero-order chi connectivity index (χ0) is 18.1. The van der Waals surface area contributed by atoms with Gasteiger partial charge in [0.05, 0.1) is 25.6 Å². The number of carbonyl (C=O) groups is 2. The van der Waals surface area contributed by atoms with E-state index in [4.69, 9.17) is 10.00 Å². The van der Waals surface area contributed by atoms with Gasteiger partial charge in [-0.2, -0.15) is 5.26 Å². The first kappa shape index (κ1) is 18.0. The van der Waals surface area contributed by atoms with Gasteiger partial charge in [0, 0.05) is 11.3 Å². The third-order valence-electron chi connectivity index (χ3n) is 3.36. The van der Waals surface area contributed by atoms with Crippen molar-refractivity contribution in [3.63, 3.8) is 0 Å². The molecule has 0 unspecified atom stereocenters. The Morgan fingerprint density at radius 1 is 1.08 bits per heavy atom. The minimum atomic E-state index is -0.331. The van der Waals surface area contributed by atoms with Gasteiger partial charge in [-0.25, -0.2) is 0 Å². The van der Waals surface area contributed by atoms with E-state index in [9.17, 15) is 9.59 Å². The van der Waals surface area contributed by atoms with E-state index in [0.29, 0.717) is 30.0 Å². The summed E-state index contributed by atoms with van der Waals surface area (Å²) in [6, 6.07) is 15.8. The van der Waals surface area contributed by atoms with Crippen molar-refractivity contribution < 1.29 is 14.3 Å². The van der Waals surface area contributed by atoms with Gasteiger partial charge in [-0.3, -0.25) is 9.59 Å². The summed E-state index contributed by atoms with van der Waals surface area (Å²) < 4.78 is 5.32. The highest BCUT2D eigenvalue weighted by molar-refractivity contribution is 5.99. The van der Waals surface area contributed by atoms with Crippen LogP contribution in [0.5, 0.6) is 5.75 Å². The summed E-state index contributed by atoms with van der Waals surface area (Å²) in [4.78, 5) is 23.9. The smallest absolute Gasteiger partial charge is 0.251 e. The van der Waals surface area contributed by atoms with E-state index in [0.717, 1.165) is 5.56 Å². The summed E-state index contributed by atoms with van der Waals surface area (Å²) in [5, 5.41) is 13.9. The van der Waals surface area contributed by atoms with Crippen LogP contribution in [0, 0.1) is 11.3 Å². The van der Waals surface area contributed by atoms with Crippen molar-refractivity contribution in [1.29, 1.82) is 5.26 Å². The van der Waals surface area contributed by atoms with E-state index >= 15 is 0 Å². The molecule has 0 saturated carbocycles. The number of benzene rings is 2. The molecule has 2 aromatic rings. The van der Waals surface area contributed by atoms with E-state index < -0.39 is 0 Å². The standard InChI is InChI=1S/C19H19N3O3/c1-2-25-17-9-5-15(6-10-17)19(24)21-13-18(23)22-16-7-3-14(4-8-16)11-12-20/h3-10H,2,11,13H2,1H3,(H,21,24)(H,22,23). The summed E-state index contributed by atoms with van der Waals surface area (Å²) in [6.45, 7) is 2.31. The highest BCUT2D eigenvalue weighted by Gasteiger charge is 2.08. The Hall–Kier alpha value is -3.33. The van der Waals surface area contributed by atoms with E-state index in [1.807, 2.05) is 6.92 Å². The third-order valence-corrected chi connectivity index (χ3v) is 3.36. The molecule has 0 radical (unpaired) electrons. The minimum Gasteiger partial charge on any atom is -0.494 e. The Labute approximate surface area is 146 Å². The molecule has 0 spiro atoms. The molecule has 2 aromatic carbocycles. The fourth-order valence-corrected chi connectivity index (χ4v) is 2.13. The molecule has 0 atom stereocenters. The SMILES string of the molecule is CCOc1ccc(C(=O)NCC(=O)Nc2ccc(CC#N)cc2)cc1. The predicted octanol–water partition coefficient (Wildman–Crippen LogP) is 2.52. The van der Waals surface area contributed by atoms with Crippen LogP contribution < -0.4 is 15.4 Å². The summed E-state index contributed by atoms with van der Waals surface area (Å²) in [5.74, 6) is 0.0338. The van der Waals surface area contributed by atoms with Gasteiger partial charge in [0.25, 0.3) is 5.91 Å². The Balaban J connectivity index is 1.82. The largest absolute Gasteiger partial charge is 0.494 e. The molecule has 0 aliphatic rings. The van der Waals surface area contributed by atoms with E-state index in [1.165, 1.54) is 0 Å². The summed E-state index contributed by atoms with van der Waals surface area (Å²) >= 11 is 0. The molecule has 0 aliphatic carbocycles. The fraction of sp³-hybridized carbons (Fsp3) is 0.211. The van der Waals surface area contributed by atoms with Crippen molar-refractivity contribution in [3.05, 3.63) is 59.7 Å². The number of hydrogen-bond donors (Lipinski definition) is 2. The molecule has 0 fully saturated rings. The van der Waals surface area contributed by atoms with Crippen LogP contribution in [0.3, 0.4) is 0 Å². The molecular weight excluding hydrogens is 318 g/mol. The molecule has 128 valence electrons. The lowest BCUT2D eigenvalue weighted by molar-refractivity contribution is -0.115. The highest BCUT2D eigenvalue weighted by atomic mass is 16.5. The van der Waals surface area contributed by atoms with Crippen LogP contribution in [0.1, 0.15) is 22.8 Å². The van der Waals surface area contributed by atoms with Gasteiger partial charge in [-0.05, 0) is 48.9 Å². The molecule has 6 heteroatoms. The number of carbonyl (C=O) groups excluding carboxylic acids is 2. The topological polar surface area (TPSA) is 91.2 Å². The van der Waals surface area contributed by atoms with Gasteiger partial charge in [-0.15, -0.1) is 0 Å². The van der Waals surface area contributed by atoms with Crippen molar-refractivity contribution in [3.8, 4) is 11.8 Å². The van der Waals surface area contributed by atoms with Crippen molar-refractivity contribution in [2.45, 2.75) is 13.3 Å². The average molecular weight is 337 g/mol. The zero-order valence-electron chi connectivity index (χ0n) is 13.9. The van der Waals surface area contributed by atoms with Crippen LogP contribution in [0.4, 0.5) is 5.69 Å². The maximum absolute atomic E-state index is 12.0. The predicted molar refractivity (Wildman–Crippen MR) is 94.3 cm³/mol. The van der Waals surface area contributed by atoms with Crippen molar-refractivity contribution >= 4 is 17.5 Å². The molecule has 2 amide bonds. The normalized spacial score (nSPS) is 9.76. The second-order valence-corrected chi connectivity index (χ2v) is 5.22. The molecule has 0 bridgehead atoms. The molecule has 0 heterocycles. The number of ether oxygens (including phenoxy) is 1. The van der Waals surface area contributed by atoms with Crippen LogP contribution in [-0.4, -0.2) is 25.0 Å². The van der Waals surface area contributed by atoms with Crippen molar-refractivity contribution in [2.24, 2.45) is 0 Å². The first-order valence-corrected chi connectivity index (χ1v) is 7.89. The van der Waals surface area contributed by atoms with Crippen molar-refractivity contribution in [1.82, 2.24) is 5.32 Å². The number of anilines is 1. The lowest BCUT2D eigenvalue weighted by Crippen LogP contribution is -2.32. The number of hydrogen-bond acceptors (Lipinski definition) is 4. The van der Waals surface area contributed by atoms with Gasteiger partial charge >= 0.3 is 0 Å². The third kappa shape index (κ3) is 5.66. The van der Waals surface area contributed by atoms with E-state index in [2.05, 4.69) is 16.7 Å². The second kappa shape index (κ2) is 9.08. The summed E-state index contributed by atoms with van der Waals surface area (Å²) in [5.41, 5.74) is 1.95. The van der Waals surface area contributed by atoms with Crippen molar-refractivity contribution in [2.75, 3.05) is 18.5 Å². The molecule has 2 N–H and O–H groups in total. The maximum atomic E-state index is 12.0. The van der Waals surface area contributed by atoms with Gasteiger partial charge in [0.1, 0.15) is 5.75 Å². The van der Waals surface area contributed by atoms with Gasteiger partial charge in [-0.1, -0.05) is 12.1 Å². The molecule has 6 nitrogen and oxygen atoms in total. The van der Waals surface area contributed by atoms with Gasteiger partial charge in [0.2, 0.25) is 5.91 Å². The number of rotatable bonds is 7. The minimum absolute atomic E-state index is 0.133. The van der Waals surface area contributed by atoms with Crippen LogP contribution in [0.15, 0.2) is 48.5 Å². The quantitative estimate of drug-likeness (QED) is 0.812. The number of nitriles is 1.